The van der Waals surface area contributed by atoms with E-state index in [4.69, 9.17) is 0 Å². The van der Waals surface area contributed by atoms with E-state index in [1.807, 2.05) is 79.4 Å². The number of pyridine rings is 1. The second-order valence-corrected chi connectivity index (χ2v) is 12.6. The third kappa shape index (κ3) is 6.36. The molecule has 0 spiro atoms. The number of carbonyl (C=O) groups is 1. The van der Waals surface area contributed by atoms with Crippen molar-refractivity contribution in [3.8, 4) is 17.5 Å². The molecule has 0 unspecified atom stereocenters. The van der Waals surface area contributed by atoms with Crippen LogP contribution in [0.15, 0.2) is 84.0 Å². The minimum Gasteiger partial charge on any atom is -0.344 e. The van der Waals surface area contributed by atoms with Gasteiger partial charge in [0.2, 0.25) is 0 Å². The highest BCUT2D eigenvalue weighted by Crippen LogP contribution is 2.24. The molecular weight excluding hydrogens is 614 g/mol. The summed E-state index contributed by atoms with van der Waals surface area (Å²) in [6, 6.07) is 18.4. The Labute approximate surface area is 284 Å². The molecule has 0 aliphatic carbocycles. The first-order valence-electron chi connectivity index (χ1n) is 16.6. The molecule has 0 radical (unpaired) electrons. The minimum atomic E-state index is -0.532. The van der Waals surface area contributed by atoms with E-state index in [2.05, 4.69) is 49.2 Å². The number of aromatic nitrogens is 6. The third-order valence-corrected chi connectivity index (χ3v) is 9.33. The van der Waals surface area contributed by atoms with Gasteiger partial charge in [-0.15, -0.1) is 0 Å². The summed E-state index contributed by atoms with van der Waals surface area (Å²) in [4.78, 5) is 37.4. The monoisotopic (exact) mass is 653 g/mol. The first-order valence-corrected chi connectivity index (χ1v) is 16.6. The summed E-state index contributed by atoms with van der Waals surface area (Å²) in [5.74, 6) is 6.35. The van der Waals surface area contributed by atoms with Crippen molar-refractivity contribution in [3.05, 3.63) is 123 Å². The first-order chi connectivity index (χ1) is 23.8. The van der Waals surface area contributed by atoms with Crippen molar-refractivity contribution in [2.24, 2.45) is 7.05 Å². The zero-order chi connectivity index (χ0) is 34.1. The van der Waals surface area contributed by atoms with Gasteiger partial charge in [0.1, 0.15) is 5.56 Å². The predicted octanol–water partition coefficient (Wildman–Crippen LogP) is 3.76. The summed E-state index contributed by atoms with van der Waals surface area (Å²) in [5.41, 5.74) is 5.15. The largest absolute Gasteiger partial charge is 0.344 e. The van der Waals surface area contributed by atoms with Crippen LogP contribution in [0, 0.1) is 18.8 Å². The Morgan fingerprint density at radius 2 is 1.76 bits per heavy atom. The van der Waals surface area contributed by atoms with E-state index >= 15 is 0 Å². The molecule has 1 fully saturated rings. The summed E-state index contributed by atoms with van der Waals surface area (Å²) >= 11 is 0. The van der Waals surface area contributed by atoms with Crippen LogP contribution >= 0.6 is 0 Å². The Kier molecular flexibility index (Phi) is 8.82. The van der Waals surface area contributed by atoms with Crippen LogP contribution in [0.2, 0.25) is 0 Å². The molecule has 1 amide bonds. The van der Waals surface area contributed by atoms with Gasteiger partial charge in [-0.25, -0.2) is 9.50 Å². The maximum atomic E-state index is 14.5. The molecule has 1 atom stereocenters. The Hall–Kier alpha value is -5.57. The Morgan fingerprint density at radius 1 is 0.980 bits per heavy atom. The Balaban J connectivity index is 1.25. The number of amides is 1. The highest BCUT2D eigenvalue weighted by atomic mass is 16.2. The topological polar surface area (TPSA) is 106 Å². The van der Waals surface area contributed by atoms with Crippen LogP contribution < -0.4 is 10.9 Å². The average Bonchev–Trinajstić information content (AvgIpc) is 3.64. The molecule has 6 aromatic rings. The summed E-state index contributed by atoms with van der Waals surface area (Å²) in [5, 5.41) is 13.3. The van der Waals surface area contributed by atoms with Gasteiger partial charge >= 0.3 is 0 Å². The maximum absolute atomic E-state index is 14.5. The second-order valence-electron chi connectivity index (χ2n) is 12.6. The van der Waals surface area contributed by atoms with E-state index in [1.54, 1.807) is 34.5 Å². The smallest absolute Gasteiger partial charge is 0.264 e. The third-order valence-electron chi connectivity index (χ3n) is 9.33. The molecule has 1 aliphatic rings. The van der Waals surface area contributed by atoms with Crippen molar-refractivity contribution in [1.82, 2.24) is 44.1 Å². The summed E-state index contributed by atoms with van der Waals surface area (Å²) < 4.78 is 5.17. The number of nitrogens with one attached hydrogen (secondary N) is 1. The molecular formula is C38H39N9O2. The number of fused-ring (bicyclic) bond motifs is 2. The number of aryl methyl sites for hydroxylation is 2. The lowest BCUT2D eigenvalue weighted by atomic mass is 10.0. The molecule has 11 heteroatoms. The SMILES string of the molecule is Cc1nn2cccnc2c1C(=O)N[C@@H](C)c1cc2cccc(C#Cc3cnn(C)c3CCN3CCN(C)CC3)c2c(=O)n1-c1ccccc1. The quantitative estimate of drug-likeness (QED) is 0.262. The molecule has 2 aromatic carbocycles. The fraction of sp³-hybridized carbons (Fsp3) is 0.289. The standard InChI is InChI=1S/C38H39N9O2/c1-26(41-37(48)34-27(2)42-46-18-9-17-39-36(34)46)33-24-29-11-8-10-28(35(29)38(49)47(33)31-12-6-5-7-13-31)14-15-30-25-40-44(4)32(30)16-19-45-22-20-43(3)21-23-45/h5-13,17-18,24-26H,16,19-23H2,1-4H3,(H,41,48)/t26-/m0/s1. The molecule has 248 valence electrons. The highest BCUT2D eigenvalue weighted by Gasteiger charge is 2.23. The van der Waals surface area contributed by atoms with Gasteiger partial charge in [-0.05, 0) is 56.6 Å². The van der Waals surface area contributed by atoms with Crippen LogP contribution in [0.5, 0.6) is 0 Å². The number of para-hydroxylation sites is 1. The van der Waals surface area contributed by atoms with E-state index in [9.17, 15) is 9.59 Å². The zero-order valence-electron chi connectivity index (χ0n) is 28.2. The lowest BCUT2D eigenvalue weighted by Crippen LogP contribution is -2.45. The average molecular weight is 654 g/mol. The zero-order valence-corrected chi connectivity index (χ0v) is 28.2. The number of benzene rings is 2. The lowest BCUT2D eigenvalue weighted by Gasteiger charge is -2.32. The van der Waals surface area contributed by atoms with E-state index < -0.39 is 6.04 Å². The van der Waals surface area contributed by atoms with Gasteiger partial charge in [-0.1, -0.05) is 42.2 Å². The van der Waals surface area contributed by atoms with Gasteiger partial charge in [-0.2, -0.15) is 10.2 Å². The highest BCUT2D eigenvalue weighted by molar-refractivity contribution is 6.01. The molecule has 7 rings (SSSR count). The number of hydrogen-bond acceptors (Lipinski definition) is 7. The van der Waals surface area contributed by atoms with Crippen molar-refractivity contribution in [2.75, 3.05) is 39.8 Å². The van der Waals surface area contributed by atoms with E-state index in [-0.39, 0.29) is 11.5 Å². The molecule has 1 saturated heterocycles. The summed E-state index contributed by atoms with van der Waals surface area (Å²) in [6.45, 7) is 8.87. The maximum Gasteiger partial charge on any atom is 0.264 e. The second kappa shape index (κ2) is 13.5. The first kappa shape index (κ1) is 32.0. The fourth-order valence-corrected chi connectivity index (χ4v) is 6.59. The van der Waals surface area contributed by atoms with Crippen LogP contribution in [-0.2, 0) is 13.5 Å². The molecule has 0 saturated carbocycles. The minimum absolute atomic E-state index is 0.208. The molecule has 0 bridgehead atoms. The number of likely N-dealkylation sites (N-methyl/N-ethyl adjacent to an activating group) is 1. The summed E-state index contributed by atoms with van der Waals surface area (Å²) in [7, 11) is 4.12. The van der Waals surface area contributed by atoms with Crippen molar-refractivity contribution in [3.63, 3.8) is 0 Å². The van der Waals surface area contributed by atoms with Gasteiger partial charge in [0.05, 0.1) is 34.6 Å². The van der Waals surface area contributed by atoms with Crippen molar-refractivity contribution in [2.45, 2.75) is 26.3 Å². The van der Waals surface area contributed by atoms with E-state index in [0.29, 0.717) is 39.2 Å². The lowest BCUT2D eigenvalue weighted by molar-refractivity contribution is 0.0939. The van der Waals surface area contributed by atoms with Crippen LogP contribution in [0.3, 0.4) is 0 Å². The van der Waals surface area contributed by atoms with Crippen LogP contribution in [0.1, 0.15) is 51.5 Å². The van der Waals surface area contributed by atoms with Crippen molar-refractivity contribution in [1.29, 1.82) is 0 Å². The molecule has 49 heavy (non-hydrogen) atoms. The van der Waals surface area contributed by atoms with E-state index in [0.717, 1.165) is 55.8 Å². The number of hydrogen-bond donors (Lipinski definition) is 1. The predicted molar refractivity (Wildman–Crippen MR) is 190 cm³/mol. The van der Waals surface area contributed by atoms with Crippen molar-refractivity contribution < 1.29 is 4.79 Å². The van der Waals surface area contributed by atoms with Crippen LogP contribution in [0.25, 0.3) is 22.1 Å². The Morgan fingerprint density at radius 3 is 2.55 bits per heavy atom. The summed E-state index contributed by atoms with van der Waals surface area (Å²) in [6.07, 6.45) is 6.05. The Bertz CT molecular complexity index is 2280. The van der Waals surface area contributed by atoms with Gasteiger partial charge in [0.15, 0.2) is 5.65 Å². The molecule has 5 heterocycles. The van der Waals surface area contributed by atoms with E-state index in [1.165, 1.54) is 0 Å². The van der Waals surface area contributed by atoms with Gasteiger partial charge < -0.3 is 15.1 Å². The normalized spacial score (nSPS) is 14.5. The van der Waals surface area contributed by atoms with Gasteiger partial charge in [0, 0.05) is 75.5 Å². The van der Waals surface area contributed by atoms with Crippen LogP contribution in [-0.4, -0.2) is 84.4 Å². The van der Waals surface area contributed by atoms with Crippen molar-refractivity contribution >= 4 is 22.3 Å². The van der Waals surface area contributed by atoms with Gasteiger partial charge in [-0.3, -0.25) is 18.8 Å². The van der Waals surface area contributed by atoms with Gasteiger partial charge in [0.25, 0.3) is 11.5 Å². The molecule has 1 aliphatic heterocycles. The molecule has 4 aromatic heterocycles. The van der Waals surface area contributed by atoms with Crippen LogP contribution in [0.4, 0.5) is 0 Å². The number of carbonyl (C=O) groups excluding carboxylic acids is 1. The number of rotatable bonds is 7. The molecule has 11 nitrogen and oxygen atoms in total. The number of nitrogens with zero attached hydrogens (tertiary/aromatic N) is 8. The molecule has 1 N–H and O–H groups in total. The number of piperazine rings is 1. The fourth-order valence-electron chi connectivity index (χ4n) is 6.59.